The summed E-state index contributed by atoms with van der Waals surface area (Å²) in [6, 6.07) is 10.8. The van der Waals surface area contributed by atoms with Crippen LogP contribution in [0.4, 0.5) is 11.4 Å². The summed E-state index contributed by atoms with van der Waals surface area (Å²) < 4.78 is 33.6. The Bertz CT molecular complexity index is 1110. The molecule has 158 valence electrons. The van der Waals surface area contributed by atoms with Gasteiger partial charge in [-0.15, -0.1) is 4.40 Å². The highest BCUT2D eigenvalue weighted by atomic mass is 32.2. The lowest BCUT2D eigenvalue weighted by atomic mass is 10.1. The van der Waals surface area contributed by atoms with Gasteiger partial charge in [-0.25, -0.2) is 4.79 Å². The number of nitrogens with one attached hydrogen (secondary N) is 1. The average Bonchev–Trinajstić information content (AvgIpc) is 2.73. The first-order valence-corrected chi connectivity index (χ1v) is 10.9. The molecular formula is C21H23N3O5S. The number of unbranched alkanes of at least 4 members (excludes halogenated alkanes) is 1. The average molecular weight is 429 g/mol. The quantitative estimate of drug-likeness (QED) is 0.705. The maximum absolute atomic E-state index is 12.7. The number of hydrogen-bond acceptors (Lipinski definition) is 6. The Hall–Kier alpha value is -3.20. The highest BCUT2D eigenvalue weighted by molar-refractivity contribution is 7.90. The van der Waals surface area contributed by atoms with E-state index in [2.05, 4.69) is 21.4 Å². The van der Waals surface area contributed by atoms with Gasteiger partial charge in [0.15, 0.2) is 0 Å². The minimum atomic E-state index is -3.88. The van der Waals surface area contributed by atoms with Gasteiger partial charge in [0.25, 0.3) is 15.9 Å². The molecule has 0 saturated carbocycles. The number of sulfonamides is 1. The van der Waals surface area contributed by atoms with Crippen molar-refractivity contribution < 1.29 is 22.7 Å². The topological polar surface area (TPSA) is 105 Å². The molecule has 1 aliphatic heterocycles. The van der Waals surface area contributed by atoms with Gasteiger partial charge in [-0.1, -0.05) is 13.3 Å². The summed E-state index contributed by atoms with van der Waals surface area (Å²) in [7, 11) is -2.59. The molecule has 0 saturated heterocycles. The third kappa shape index (κ3) is 4.35. The van der Waals surface area contributed by atoms with E-state index in [9.17, 15) is 18.0 Å². The van der Waals surface area contributed by atoms with Crippen LogP contribution in [-0.4, -0.2) is 39.8 Å². The molecule has 0 radical (unpaired) electrons. The number of anilines is 2. The Labute approximate surface area is 175 Å². The van der Waals surface area contributed by atoms with Crippen LogP contribution in [0.2, 0.25) is 0 Å². The number of methoxy groups -OCH3 is 1. The Kier molecular flexibility index (Phi) is 6.21. The predicted octanol–water partition coefficient (Wildman–Crippen LogP) is 3.45. The van der Waals surface area contributed by atoms with E-state index in [4.69, 9.17) is 0 Å². The molecule has 30 heavy (non-hydrogen) atoms. The summed E-state index contributed by atoms with van der Waals surface area (Å²) >= 11 is 0. The van der Waals surface area contributed by atoms with Crippen molar-refractivity contribution in [3.05, 3.63) is 53.6 Å². The molecule has 0 atom stereocenters. The second-order valence-corrected chi connectivity index (χ2v) is 8.40. The molecule has 9 heteroatoms. The van der Waals surface area contributed by atoms with Crippen LogP contribution in [0.15, 0.2) is 51.8 Å². The first-order valence-electron chi connectivity index (χ1n) is 9.49. The molecule has 0 aromatic heterocycles. The summed E-state index contributed by atoms with van der Waals surface area (Å²) in [6.45, 7) is 4.36. The van der Waals surface area contributed by atoms with Crippen LogP contribution in [0, 0.1) is 0 Å². The summed E-state index contributed by atoms with van der Waals surface area (Å²) in [5.74, 6) is -0.528. The van der Waals surface area contributed by atoms with Gasteiger partial charge in [-0.2, -0.15) is 8.42 Å². The molecule has 1 N–H and O–H groups in total. The summed E-state index contributed by atoms with van der Waals surface area (Å²) in [4.78, 5) is 26.0. The minimum Gasteiger partial charge on any atom is -0.465 e. The van der Waals surface area contributed by atoms with Crippen LogP contribution in [0.5, 0.6) is 0 Å². The van der Waals surface area contributed by atoms with Gasteiger partial charge < -0.3 is 15.0 Å². The fraction of sp³-hybridized carbons (Fsp3) is 0.286. The lowest BCUT2D eigenvalue weighted by Crippen LogP contribution is -2.34. The van der Waals surface area contributed by atoms with E-state index in [0.29, 0.717) is 29.3 Å². The number of ether oxygens (including phenoxy) is 1. The molecule has 1 heterocycles. The lowest BCUT2D eigenvalue weighted by molar-refractivity contribution is 0.0600. The van der Waals surface area contributed by atoms with Crippen molar-refractivity contribution in [2.45, 2.75) is 31.6 Å². The number of amides is 1. The van der Waals surface area contributed by atoms with Crippen LogP contribution in [-0.2, 0) is 14.8 Å². The Balaban J connectivity index is 1.87. The van der Waals surface area contributed by atoms with Crippen molar-refractivity contribution in [1.29, 1.82) is 0 Å². The number of hydrogen-bond donors (Lipinski definition) is 1. The van der Waals surface area contributed by atoms with Crippen LogP contribution in [0.1, 0.15) is 47.4 Å². The normalized spacial score (nSPS) is 14.5. The molecule has 2 aromatic carbocycles. The van der Waals surface area contributed by atoms with Crippen molar-refractivity contribution in [3.8, 4) is 0 Å². The molecule has 0 bridgehead atoms. The summed E-state index contributed by atoms with van der Waals surface area (Å²) in [5, 5.41) is 2.70. The summed E-state index contributed by atoms with van der Waals surface area (Å²) in [5.41, 5.74) is 1.54. The molecule has 3 rings (SSSR count). The van der Waals surface area contributed by atoms with E-state index >= 15 is 0 Å². The van der Waals surface area contributed by atoms with E-state index in [1.54, 1.807) is 31.2 Å². The number of nitrogens with zero attached hydrogens (tertiary/aromatic N) is 2. The van der Waals surface area contributed by atoms with E-state index in [1.165, 1.54) is 25.3 Å². The van der Waals surface area contributed by atoms with Crippen molar-refractivity contribution >= 4 is 39.1 Å². The van der Waals surface area contributed by atoms with Crippen LogP contribution >= 0.6 is 0 Å². The van der Waals surface area contributed by atoms with E-state index in [1.807, 2.05) is 4.90 Å². The fourth-order valence-corrected chi connectivity index (χ4v) is 4.40. The van der Waals surface area contributed by atoms with Crippen LogP contribution < -0.4 is 10.2 Å². The molecule has 0 unspecified atom stereocenters. The fourth-order valence-electron chi connectivity index (χ4n) is 3.14. The van der Waals surface area contributed by atoms with E-state index < -0.39 is 21.9 Å². The van der Waals surface area contributed by atoms with Gasteiger partial charge in [0.05, 0.1) is 18.4 Å². The SMILES string of the molecule is CCCCN1C(C)=NS(=O)(=O)c2cc(C(=O)Nc3ccc(C(=O)OC)cc3)ccc21. The summed E-state index contributed by atoms with van der Waals surface area (Å²) in [6.07, 6.45) is 1.84. The molecule has 0 spiro atoms. The first-order chi connectivity index (χ1) is 14.3. The standard InChI is InChI=1S/C21H23N3O5S/c1-4-5-12-24-14(2)23-30(27,28)19-13-16(8-11-18(19)24)20(25)22-17-9-6-15(7-10-17)21(26)29-3/h6-11,13H,4-5,12H2,1-3H3,(H,22,25). The second kappa shape index (κ2) is 8.66. The first kappa shape index (κ1) is 21.5. The molecule has 2 aromatic rings. The monoisotopic (exact) mass is 429 g/mol. The van der Waals surface area contributed by atoms with Crippen LogP contribution in [0.25, 0.3) is 0 Å². The van der Waals surface area contributed by atoms with Gasteiger partial charge in [0.2, 0.25) is 0 Å². The van der Waals surface area contributed by atoms with Crippen molar-refractivity contribution in [3.63, 3.8) is 0 Å². The number of benzene rings is 2. The zero-order chi connectivity index (χ0) is 21.9. The third-order valence-electron chi connectivity index (χ3n) is 4.73. The molecule has 0 aliphatic carbocycles. The van der Waals surface area contributed by atoms with Crippen LogP contribution in [0.3, 0.4) is 0 Å². The number of carbonyl (C=O) groups excluding carboxylic acids is 2. The number of amidine groups is 1. The molecular weight excluding hydrogens is 406 g/mol. The maximum atomic E-state index is 12.7. The number of carbonyl (C=O) groups is 2. The maximum Gasteiger partial charge on any atom is 0.337 e. The second-order valence-electron chi connectivity index (χ2n) is 6.82. The number of rotatable bonds is 6. The predicted molar refractivity (Wildman–Crippen MR) is 115 cm³/mol. The number of fused-ring (bicyclic) bond motifs is 1. The molecule has 8 nitrogen and oxygen atoms in total. The van der Waals surface area contributed by atoms with Crippen molar-refractivity contribution in [2.24, 2.45) is 4.40 Å². The Morgan fingerprint density at radius 3 is 2.40 bits per heavy atom. The highest BCUT2D eigenvalue weighted by Crippen LogP contribution is 2.33. The van der Waals surface area contributed by atoms with Crippen molar-refractivity contribution in [1.82, 2.24) is 0 Å². The van der Waals surface area contributed by atoms with Gasteiger partial charge >= 0.3 is 5.97 Å². The van der Waals surface area contributed by atoms with Crippen molar-refractivity contribution in [2.75, 3.05) is 23.9 Å². The molecule has 1 aliphatic rings. The minimum absolute atomic E-state index is 0.0119. The Morgan fingerprint density at radius 2 is 1.77 bits per heavy atom. The largest absolute Gasteiger partial charge is 0.465 e. The zero-order valence-electron chi connectivity index (χ0n) is 17.0. The Morgan fingerprint density at radius 1 is 1.10 bits per heavy atom. The van der Waals surface area contributed by atoms with Gasteiger partial charge in [-0.3, -0.25) is 4.79 Å². The third-order valence-corrected chi connectivity index (χ3v) is 6.12. The molecule has 1 amide bonds. The van der Waals surface area contributed by atoms with E-state index in [0.717, 1.165) is 12.8 Å². The van der Waals surface area contributed by atoms with Gasteiger partial charge in [0.1, 0.15) is 10.7 Å². The van der Waals surface area contributed by atoms with Gasteiger partial charge in [0, 0.05) is 17.8 Å². The van der Waals surface area contributed by atoms with E-state index in [-0.39, 0.29) is 10.5 Å². The highest BCUT2D eigenvalue weighted by Gasteiger charge is 2.29. The smallest absolute Gasteiger partial charge is 0.337 e. The zero-order valence-corrected chi connectivity index (χ0v) is 17.8. The van der Waals surface area contributed by atoms with Gasteiger partial charge in [-0.05, 0) is 55.8 Å². The number of esters is 1. The lowest BCUT2D eigenvalue weighted by Gasteiger charge is -2.29. The molecule has 0 fully saturated rings.